The summed E-state index contributed by atoms with van der Waals surface area (Å²) in [4.78, 5) is 25.1. The molecule has 0 bridgehead atoms. The van der Waals surface area contributed by atoms with E-state index in [9.17, 15) is 18.0 Å². The summed E-state index contributed by atoms with van der Waals surface area (Å²) in [5, 5.41) is 2.78. The lowest BCUT2D eigenvalue weighted by atomic mass is 10.1. The van der Waals surface area contributed by atoms with Crippen molar-refractivity contribution in [2.75, 3.05) is 10.0 Å². The molecule has 0 spiro atoms. The smallest absolute Gasteiger partial charge is 0.322 e. The van der Waals surface area contributed by atoms with E-state index >= 15 is 0 Å². The van der Waals surface area contributed by atoms with E-state index in [2.05, 4.69) is 10.0 Å². The number of hydrogen-bond donors (Lipinski definition) is 2. The van der Waals surface area contributed by atoms with Gasteiger partial charge in [-0.2, -0.15) is 0 Å². The highest BCUT2D eigenvalue weighted by atomic mass is 32.2. The van der Waals surface area contributed by atoms with Crippen molar-refractivity contribution in [1.82, 2.24) is 9.13 Å². The standard InChI is InChI=1S/C24H24N4O4S/c1-15-7-5-6-8-19(15)26-33(31,32)22-13-17(10-9-16(22)2)23(29)25-18-11-12-20-21(14-18)28(4)24(30)27(20)3/h5-14,26H,1-4H3,(H,25,29). The second-order valence-electron chi connectivity index (χ2n) is 7.96. The third-order valence-corrected chi connectivity index (χ3v) is 7.17. The number of fused-ring (bicyclic) bond motifs is 1. The van der Waals surface area contributed by atoms with Crippen molar-refractivity contribution in [3.63, 3.8) is 0 Å². The fraction of sp³-hybridized carbons (Fsp3) is 0.167. The quantitative estimate of drug-likeness (QED) is 0.472. The number of rotatable bonds is 5. The Morgan fingerprint density at radius 3 is 2.27 bits per heavy atom. The van der Waals surface area contributed by atoms with E-state index in [0.717, 1.165) is 11.1 Å². The zero-order valence-electron chi connectivity index (χ0n) is 18.7. The molecule has 4 aromatic rings. The molecule has 3 aromatic carbocycles. The number of aromatic nitrogens is 2. The molecule has 0 atom stereocenters. The second kappa shape index (κ2) is 8.25. The van der Waals surface area contributed by atoms with E-state index in [0.29, 0.717) is 22.5 Å². The Bertz CT molecular complexity index is 1570. The minimum atomic E-state index is -3.90. The minimum Gasteiger partial charge on any atom is -0.322 e. The molecule has 0 fully saturated rings. The number of para-hydroxylation sites is 1. The van der Waals surface area contributed by atoms with E-state index in [1.54, 1.807) is 63.5 Å². The van der Waals surface area contributed by atoms with Crippen molar-refractivity contribution in [3.05, 3.63) is 87.8 Å². The third kappa shape index (κ3) is 4.14. The second-order valence-corrected chi connectivity index (χ2v) is 9.61. The van der Waals surface area contributed by atoms with Crippen LogP contribution in [-0.4, -0.2) is 23.5 Å². The molecule has 33 heavy (non-hydrogen) atoms. The molecule has 2 N–H and O–H groups in total. The van der Waals surface area contributed by atoms with Crippen LogP contribution in [0.25, 0.3) is 11.0 Å². The predicted molar refractivity (Wildman–Crippen MR) is 129 cm³/mol. The van der Waals surface area contributed by atoms with Crippen LogP contribution in [0.5, 0.6) is 0 Å². The van der Waals surface area contributed by atoms with Crippen molar-refractivity contribution in [2.24, 2.45) is 14.1 Å². The number of sulfonamides is 1. The molecule has 4 rings (SSSR count). The van der Waals surface area contributed by atoms with Crippen molar-refractivity contribution in [3.8, 4) is 0 Å². The molecular formula is C24H24N4O4S. The van der Waals surface area contributed by atoms with Gasteiger partial charge < -0.3 is 5.32 Å². The Balaban J connectivity index is 1.64. The van der Waals surface area contributed by atoms with Crippen LogP contribution in [0, 0.1) is 13.8 Å². The summed E-state index contributed by atoms with van der Waals surface area (Å²) in [7, 11) is -0.558. The predicted octanol–water partition coefficient (Wildman–Crippen LogP) is 3.55. The topological polar surface area (TPSA) is 102 Å². The molecule has 8 nitrogen and oxygen atoms in total. The normalized spacial score (nSPS) is 11.5. The Morgan fingerprint density at radius 2 is 1.55 bits per heavy atom. The molecule has 0 saturated heterocycles. The molecule has 0 aliphatic carbocycles. The third-order valence-electron chi connectivity index (χ3n) is 5.66. The Morgan fingerprint density at radius 1 is 0.848 bits per heavy atom. The number of anilines is 2. The van der Waals surface area contributed by atoms with Gasteiger partial charge in [-0.15, -0.1) is 0 Å². The lowest BCUT2D eigenvalue weighted by Crippen LogP contribution is -2.19. The van der Waals surface area contributed by atoms with Gasteiger partial charge in [0.15, 0.2) is 0 Å². The minimum absolute atomic E-state index is 0.0271. The van der Waals surface area contributed by atoms with E-state index in [4.69, 9.17) is 0 Å². The number of carbonyl (C=O) groups excluding carboxylic acids is 1. The van der Waals surface area contributed by atoms with E-state index in [1.165, 1.54) is 15.2 Å². The van der Waals surface area contributed by atoms with E-state index in [1.807, 2.05) is 19.1 Å². The number of amides is 1. The van der Waals surface area contributed by atoms with Crippen molar-refractivity contribution >= 4 is 38.3 Å². The molecule has 0 saturated carbocycles. The highest BCUT2D eigenvalue weighted by molar-refractivity contribution is 7.92. The number of nitrogens with zero attached hydrogens (tertiary/aromatic N) is 2. The van der Waals surface area contributed by atoms with E-state index in [-0.39, 0.29) is 16.1 Å². The Hall–Kier alpha value is -3.85. The summed E-state index contributed by atoms with van der Waals surface area (Å²) in [5.41, 5.74) is 3.74. The first-order chi connectivity index (χ1) is 15.6. The van der Waals surface area contributed by atoms with Crippen LogP contribution >= 0.6 is 0 Å². The zero-order valence-corrected chi connectivity index (χ0v) is 19.5. The summed E-state index contributed by atoms with van der Waals surface area (Å²) >= 11 is 0. The van der Waals surface area contributed by atoms with Crippen LogP contribution in [0.15, 0.2) is 70.4 Å². The van der Waals surface area contributed by atoms with E-state index < -0.39 is 15.9 Å². The van der Waals surface area contributed by atoms with Crippen LogP contribution in [0.2, 0.25) is 0 Å². The molecule has 0 aliphatic rings. The molecule has 170 valence electrons. The Labute approximate surface area is 191 Å². The van der Waals surface area contributed by atoms with Gasteiger partial charge in [-0.3, -0.25) is 18.7 Å². The summed E-state index contributed by atoms with van der Waals surface area (Å²) in [5.74, 6) is -0.456. The summed E-state index contributed by atoms with van der Waals surface area (Å²) in [6, 6.07) is 16.8. The van der Waals surface area contributed by atoms with Crippen LogP contribution < -0.4 is 15.7 Å². The maximum Gasteiger partial charge on any atom is 0.328 e. The average molecular weight is 465 g/mol. The summed E-state index contributed by atoms with van der Waals surface area (Å²) in [6.07, 6.45) is 0. The molecule has 0 radical (unpaired) electrons. The highest BCUT2D eigenvalue weighted by Crippen LogP contribution is 2.24. The molecule has 0 aliphatic heterocycles. The van der Waals surface area contributed by atoms with Gasteiger partial charge in [0.05, 0.1) is 21.6 Å². The van der Waals surface area contributed by atoms with Crippen LogP contribution in [0.1, 0.15) is 21.5 Å². The number of imidazole rings is 1. The monoisotopic (exact) mass is 464 g/mol. The number of benzene rings is 3. The van der Waals surface area contributed by atoms with Crippen molar-refractivity contribution in [2.45, 2.75) is 18.7 Å². The molecule has 1 aromatic heterocycles. The van der Waals surface area contributed by atoms with Gasteiger partial charge in [0.2, 0.25) is 0 Å². The summed E-state index contributed by atoms with van der Waals surface area (Å²) < 4.78 is 31.7. The van der Waals surface area contributed by atoms with Gasteiger partial charge in [0, 0.05) is 25.3 Å². The number of aryl methyl sites for hydroxylation is 4. The first-order valence-corrected chi connectivity index (χ1v) is 11.7. The van der Waals surface area contributed by atoms with Crippen LogP contribution in [-0.2, 0) is 24.1 Å². The van der Waals surface area contributed by atoms with Crippen LogP contribution in [0.4, 0.5) is 11.4 Å². The highest BCUT2D eigenvalue weighted by Gasteiger charge is 2.20. The number of carbonyl (C=O) groups is 1. The fourth-order valence-electron chi connectivity index (χ4n) is 3.71. The molecule has 9 heteroatoms. The van der Waals surface area contributed by atoms with Crippen molar-refractivity contribution < 1.29 is 13.2 Å². The molecule has 0 unspecified atom stereocenters. The lowest BCUT2D eigenvalue weighted by molar-refractivity contribution is 0.102. The van der Waals surface area contributed by atoms with Crippen molar-refractivity contribution in [1.29, 1.82) is 0 Å². The number of hydrogen-bond acceptors (Lipinski definition) is 4. The van der Waals surface area contributed by atoms with Gasteiger partial charge in [-0.05, 0) is 61.4 Å². The first-order valence-electron chi connectivity index (χ1n) is 10.2. The Kier molecular flexibility index (Phi) is 5.59. The van der Waals surface area contributed by atoms with Crippen LogP contribution in [0.3, 0.4) is 0 Å². The largest absolute Gasteiger partial charge is 0.328 e. The van der Waals surface area contributed by atoms with Gasteiger partial charge in [-0.25, -0.2) is 13.2 Å². The van der Waals surface area contributed by atoms with Gasteiger partial charge >= 0.3 is 5.69 Å². The molecule has 1 heterocycles. The number of nitrogens with one attached hydrogen (secondary N) is 2. The first kappa shape index (κ1) is 22.3. The molecular weight excluding hydrogens is 440 g/mol. The fourth-order valence-corrected chi connectivity index (χ4v) is 5.11. The average Bonchev–Trinajstić information content (AvgIpc) is 2.99. The summed E-state index contributed by atoms with van der Waals surface area (Å²) in [6.45, 7) is 3.49. The molecule has 1 amide bonds. The SMILES string of the molecule is Cc1ccccc1NS(=O)(=O)c1cc(C(=O)Nc2ccc3c(c2)n(C)c(=O)n3C)ccc1C. The van der Waals surface area contributed by atoms with Gasteiger partial charge in [0.1, 0.15) is 0 Å². The maximum atomic E-state index is 13.0. The van der Waals surface area contributed by atoms with Gasteiger partial charge in [0.25, 0.3) is 15.9 Å². The maximum absolute atomic E-state index is 13.0. The lowest BCUT2D eigenvalue weighted by Gasteiger charge is -2.13. The zero-order chi connectivity index (χ0) is 23.9. The van der Waals surface area contributed by atoms with Gasteiger partial charge in [-0.1, -0.05) is 24.3 Å².